The van der Waals surface area contributed by atoms with E-state index in [1.165, 1.54) is 12.5 Å². The molecule has 0 N–H and O–H groups in total. The Bertz CT molecular complexity index is 661. The van der Waals surface area contributed by atoms with Crippen LogP contribution in [0.25, 0.3) is 22.6 Å². The lowest BCUT2D eigenvalue weighted by Crippen LogP contribution is -1.85. The molecular formula is C15H10FNO. The first kappa shape index (κ1) is 10.7. The SMILES string of the molecule is Fc1ccccc1-c1ocnc1-c1ccccc1. The number of halogens is 1. The van der Waals surface area contributed by atoms with Crippen LogP contribution in [0.4, 0.5) is 4.39 Å². The first-order chi connectivity index (χ1) is 8.86. The van der Waals surface area contributed by atoms with Crippen LogP contribution in [0.3, 0.4) is 0 Å². The summed E-state index contributed by atoms with van der Waals surface area (Å²) in [5.74, 6) is 0.144. The van der Waals surface area contributed by atoms with Gasteiger partial charge in [0.1, 0.15) is 11.5 Å². The van der Waals surface area contributed by atoms with Crippen molar-refractivity contribution in [3.05, 3.63) is 66.8 Å². The fourth-order valence-electron chi connectivity index (χ4n) is 1.88. The minimum absolute atomic E-state index is 0.313. The summed E-state index contributed by atoms with van der Waals surface area (Å²) < 4.78 is 19.1. The first-order valence-corrected chi connectivity index (χ1v) is 5.60. The average Bonchev–Trinajstić information content (AvgIpc) is 2.89. The van der Waals surface area contributed by atoms with Gasteiger partial charge in [-0.2, -0.15) is 0 Å². The lowest BCUT2D eigenvalue weighted by Gasteiger charge is -2.02. The van der Waals surface area contributed by atoms with E-state index in [1.807, 2.05) is 30.3 Å². The van der Waals surface area contributed by atoms with Crippen LogP contribution in [0.1, 0.15) is 0 Å². The predicted octanol–water partition coefficient (Wildman–Crippen LogP) is 4.15. The monoisotopic (exact) mass is 239 g/mol. The van der Waals surface area contributed by atoms with Crippen LogP contribution in [0.2, 0.25) is 0 Å². The first-order valence-electron chi connectivity index (χ1n) is 5.60. The summed E-state index contributed by atoms with van der Waals surface area (Å²) in [5, 5.41) is 0. The van der Waals surface area contributed by atoms with Gasteiger partial charge in [0, 0.05) is 5.56 Å². The van der Waals surface area contributed by atoms with Crippen LogP contribution in [-0.4, -0.2) is 4.98 Å². The molecule has 0 unspecified atom stereocenters. The molecule has 3 rings (SSSR count). The van der Waals surface area contributed by atoms with Gasteiger partial charge in [-0.3, -0.25) is 0 Å². The smallest absolute Gasteiger partial charge is 0.182 e. The number of hydrogen-bond donors (Lipinski definition) is 0. The molecule has 0 atom stereocenters. The van der Waals surface area contributed by atoms with E-state index in [2.05, 4.69) is 4.98 Å². The van der Waals surface area contributed by atoms with Gasteiger partial charge >= 0.3 is 0 Å². The number of benzene rings is 2. The molecule has 0 saturated carbocycles. The molecule has 0 fully saturated rings. The van der Waals surface area contributed by atoms with E-state index in [0.29, 0.717) is 17.0 Å². The highest BCUT2D eigenvalue weighted by Crippen LogP contribution is 2.32. The van der Waals surface area contributed by atoms with Crippen LogP contribution in [0, 0.1) is 5.82 Å². The number of rotatable bonds is 2. The Morgan fingerprint density at radius 1 is 0.889 bits per heavy atom. The fourth-order valence-corrected chi connectivity index (χ4v) is 1.88. The second-order valence-electron chi connectivity index (χ2n) is 3.88. The Hall–Kier alpha value is -2.42. The van der Waals surface area contributed by atoms with Gasteiger partial charge in [-0.1, -0.05) is 42.5 Å². The van der Waals surface area contributed by atoms with Gasteiger partial charge in [-0.15, -0.1) is 0 Å². The summed E-state index contributed by atoms with van der Waals surface area (Å²) in [6.07, 6.45) is 1.34. The third-order valence-corrected chi connectivity index (χ3v) is 2.73. The Balaban J connectivity index is 2.16. The van der Waals surface area contributed by atoms with Crippen molar-refractivity contribution in [3.8, 4) is 22.6 Å². The fraction of sp³-hybridized carbons (Fsp3) is 0. The minimum atomic E-state index is -0.313. The molecule has 0 amide bonds. The molecule has 0 saturated heterocycles. The van der Waals surface area contributed by atoms with Crippen molar-refractivity contribution in [1.82, 2.24) is 4.98 Å². The Morgan fingerprint density at radius 3 is 2.39 bits per heavy atom. The lowest BCUT2D eigenvalue weighted by atomic mass is 10.1. The van der Waals surface area contributed by atoms with E-state index in [-0.39, 0.29) is 5.82 Å². The molecule has 88 valence electrons. The Kier molecular flexibility index (Phi) is 2.65. The van der Waals surface area contributed by atoms with Gasteiger partial charge in [-0.05, 0) is 12.1 Å². The molecule has 0 spiro atoms. The van der Waals surface area contributed by atoms with Crippen molar-refractivity contribution in [2.24, 2.45) is 0 Å². The molecule has 0 bridgehead atoms. The number of nitrogens with zero attached hydrogens (tertiary/aromatic N) is 1. The molecule has 0 aliphatic carbocycles. The van der Waals surface area contributed by atoms with Gasteiger partial charge in [0.15, 0.2) is 12.2 Å². The number of hydrogen-bond acceptors (Lipinski definition) is 2. The second-order valence-corrected chi connectivity index (χ2v) is 3.88. The molecule has 3 heteroatoms. The van der Waals surface area contributed by atoms with E-state index in [1.54, 1.807) is 18.2 Å². The highest BCUT2D eigenvalue weighted by Gasteiger charge is 2.15. The number of aromatic nitrogens is 1. The molecule has 0 radical (unpaired) electrons. The molecule has 1 heterocycles. The van der Waals surface area contributed by atoms with Crippen molar-refractivity contribution in [1.29, 1.82) is 0 Å². The zero-order chi connectivity index (χ0) is 12.4. The zero-order valence-corrected chi connectivity index (χ0v) is 9.51. The summed E-state index contributed by atoms with van der Waals surface area (Å²) in [4.78, 5) is 4.17. The molecule has 2 aromatic carbocycles. The van der Waals surface area contributed by atoms with E-state index in [0.717, 1.165) is 5.56 Å². The van der Waals surface area contributed by atoms with Crippen LogP contribution in [0.5, 0.6) is 0 Å². The number of oxazole rings is 1. The van der Waals surface area contributed by atoms with E-state index < -0.39 is 0 Å². The van der Waals surface area contributed by atoms with Gasteiger partial charge in [-0.25, -0.2) is 9.37 Å². The third-order valence-electron chi connectivity index (χ3n) is 2.73. The quantitative estimate of drug-likeness (QED) is 0.671. The van der Waals surface area contributed by atoms with Crippen molar-refractivity contribution < 1.29 is 8.81 Å². The molecule has 1 aromatic heterocycles. The van der Waals surface area contributed by atoms with Crippen molar-refractivity contribution in [2.75, 3.05) is 0 Å². The molecule has 3 aromatic rings. The molecule has 18 heavy (non-hydrogen) atoms. The van der Waals surface area contributed by atoms with Crippen LogP contribution >= 0.6 is 0 Å². The summed E-state index contributed by atoms with van der Waals surface area (Å²) in [6.45, 7) is 0. The second kappa shape index (κ2) is 4.45. The zero-order valence-electron chi connectivity index (χ0n) is 9.51. The minimum Gasteiger partial charge on any atom is -0.443 e. The maximum absolute atomic E-state index is 13.8. The summed E-state index contributed by atoms with van der Waals surface area (Å²) in [5.41, 5.74) is 1.99. The molecule has 2 nitrogen and oxygen atoms in total. The third kappa shape index (κ3) is 1.80. The molecular weight excluding hydrogens is 229 g/mol. The van der Waals surface area contributed by atoms with Crippen molar-refractivity contribution in [3.63, 3.8) is 0 Å². The highest BCUT2D eigenvalue weighted by molar-refractivity contribution is 5.76. The molecule has 0 aliphatic rings. The van der Waals surface area contributed by atoms with Crippen LogP contribution in [-0.2, 0) is 0 Å². The van der Waals surface area contributed by atoms with Gasteiger partial charge < -0.3 is 4.42 Å². The van der Waals surface area contributed by atoms with Crippen LogP contribution < -0.4 is 0 Å². The van der Waals surface area contributed by atoms with Gasteiger partial charge in [0.25, 0.3) is 0 Å². The maximum Gasteiger partial charge on any atom is 0.182 e. The van der Waals surface area contributed by atoms with E-state index >= 15 is 0 Å². The average molecular weight is 239 g/mol. The molecule has 0 aliphatic heterocycles. The van der Waals surface area contributed by atoms with Crippen molar-refractivity contribution in [2.45, 2.75) is 0 Å². The lowest BCUT2D eigenvalue weighted by molar-refractivity contribution is 0.562. The van der Waals surface area contributed by atoms with Gasteiger partial charge in [0.05, 0.1) is 5.56 Å². The Morgan fingerprint density at radius 2 is 1.61 bits per heavy atom. The summed E-state index contributed by atoms with van der Waals surface area (Å²) in [7, 11) is 0. The predicted molar refractivity (Wildman–Crippen MR) is 67.3 cm³/mol. The highest BCUT2D eigenvalue weighted by atomic mass is 19.1. The van der Waals surface area contributed by atoms with E-state index in [9.17, 15) is 4.39 Å². The Labute approximate surface area is 104 Å². The summed E-state index contributed by atoms with van der Waals surface area (Å²) >= 11 is 0. The summed E-state index contributed by atoms with van der Waals surface area (Å²) in [6, 6.07) is 16.1. The maximum atomic E-state index is 13.8. The largest absolute Gasteiger partial charge is 0.443 e. The van der Waals surface area contributed by atoms with Gasteiger partial charge in [0.2, 0.25) is 0 Å². The van der Waals surface area contributed by atoms with E-state index in [4.69, 9.17) is 4.42 Å². The van der Waals surface area contributed by atoms with Crippen LogP contribution in [0.15, 0.2) is 65.4 Å². The topological polar surface area (TPSA) is 26.0 Å². The van der Waals surface area contributed by atoms with Crippen molar-refractivity contribution >= 4 is 0 Å². The normalized spacial score (nSPS) is 10.5. The standard InChI is InChI=1S/C15H10FNO/c16-13-9-5-4-8-12(13)15-14(17-10-18-15)11-6-2-1-3-7-11/h1-10H.